The molecule has 0 saturated carbocycles. The molecule has 1 heteroatoms. The molecular formula is C21H26O. The topological polar surface area (TPSA) is 17.1 Å². The Morgan fingerprint density at radius 2 is 1.00 bits per heavy atom. The van der Waals surface area contributed by atoms with Crippen molar-refractivity contribution in [2.75, 3.05) is 0 Å². The Morgan fingerprint density at radius 1 is 0.682 bits per heavy atom. The molecule has 0 amide bonds. The Morgan fingerprint density at radius 3 is 1.32 bits per heavy atom. The fourth-order valence-corrected chi connectivity index (χ4v) is 3.57. The highest BCUT2D eigenvalue weighted by atomic mass is 16.1. The molecule has 0 fully saturated rings. The van der Waals surface area contributed by atoms with E-state index in [0.29, 0.717) is 0 Å². The number of aryl methyl sites for hydroxylation is 2. The van der Waals surface area contributed by atoms with Gasteiger partial charge in [-0.3, -0.25) is 4.79 Å². The summed E-state index contributed by atoms with van der Waals surface area (Å²) in [6, 6.07) is 16.4. The van der Waals surface area contributed by atoms with E-state index in [4.69, 9.17) is 0 Å². The molecule has 22 heavy (non-hydrogen) atoms. The van der Waals surface area contributed by atoms with Crippen LogP contribution in [0.15, 0.2) is 48.5 Å². The van der Waals surface area contributed by atoms with E-state index >= 15 is 0 Å². The first-order chi connectivity index (χ1) is 10.2. The Hall–Kier alpha value is -1.89. The molecule has 116 valence electrons. The molecule has 2 rings (SSSR count). The average Bonchev–Trinajstić information content (AvgIpc) is 2.47. The standard InChI is InChI=1S/C21H26O/c1-15-11-7-9-13-17(15)20(3,4)19(22)21(5,6)18-14-10-8-12-16(18)2/h7-14H,1-6H3. The molecule has 0 aromatic heterocycles. The fourth-order valence-electron chi connectivity index (χ4n) is 3.57. The second kappa shape index (κ2) is 5.72. The van der Waals surface area contributed by atoms with Crippen LogP contribution in [0.25, 0.3) is 0 Å². The Balaban J connectivity index is 2.50. The van der Waals surface area contributed by atoms with E-state index in [1.165, 1.54) is 11.1 Å². The molecule has 0 unspecified atom stereocenters. The Bertz CT molecular complexity index is 633. The van der Waals surface area contributed by atoms with Crippen molar-refractivity contribution in [2.45, 2.75) is 52.4 Å². The third-order valence-electron chi connectivity index (χ3n) is 4.77. The van der Waals surface area contributed by atoms with E-state index < -0.39 is 10.8 Å². The highest BCUT2D eigenvalue weighted by molar-refractivity contribution is 5.98. The first-order valence-electron chi connectivity index (χ1n) is 7.86. The van der Waals surface area contributed by atoms with Crippen LogP contribution < -0.4 is 0 Å². The summed E-state index contributed by atoms with van der Waals surface area (Å²) in [6.07, 6.45) is 0. The minimum Gasteiger partial charge on any atom is -0.298 e. The zero-order chi connectivity index (χ0) is 16.5. The summed E-state index contributed by atoms with van der Waals surface area (Å²) >= 11 is 0. The van der Waals surface area contributed by atoms with Crippen LogP contribution in [0.3, 0.4) is 0 Å². The van der Waals surface area contributed by atoms with Crippen LogP contribution in [-0.4, -0.2) is 5.78 Å². The van der Waals surface area contributed by atoms with Crippen LogP contribution in [0, 0.1) is 13.8 Å². The van der Waals surface area contributed by atoms with Crippen molar-refractivity contribution in [3.8, 4) is 0 Å². The highest BCUT2D eigenvalue weighted by Gasteiger charge is 2.42. The average molecular weight is 294 g/mol. The molecule has 0 aliphatic carbocycles. The predicted octanol–water partition coefficient (Wildman–Crippen LogP) is 5.13. The number of carbonyl (C=O) groups excluding carboxylic acids is 1. The van der Waals surface area contributed by atoms with E-state index in [9.17, 15) is 4.79 Å². The van der Waals surface area contributed by atoms with Crippen molar-refractivity contribution in [2.24, 2.45) is 0 Å². The molecule has 0 N–H and O–H groups in total. The van der Waals surface area contributed by atoms with Gasteiger partial charge in [-0.1, -0.05) is 48.5 Å². The van der Waals surface area contributed by atoms with E-state index in [1.807, 2.05) is 52.0 Å². The van der Waals surface area contributed by atoms with E-state index in [0.717, 1.165) is 11.1 Å². The summed E-state index contributed by atoms with van der Waals surface area (Å²) in [5.41, 5.74) is 3.53. The summed E-state index contributed by atoms with van der Waals surface area (Å²) in [5, 5.41) is 0. The molecule has 0 spiro atoms. The second-order valence-electron chi connectivity index (χ2n) is 7.21. The largest absolute Gasteiger partial charge is 0.298 e. The van der Waals surface area contributed by atoms with Crippen molar-refractivity contribution in [3.05, 3.63) is 70.8 Å². The zero-order valence-electron chi connectivity index (χ0n) is 14.5. The molecular weight excluding hydrogens is 268 g/mol. The van der Waals surface area contributed by atoms with Crippen LogP contribution in [0.4, 0.5) is 0 Å². The minimum absolute atomic E-state index is 0.253. The summed E-state index contributed by atoms with van der Waals surface area (Å²) < 4.78 is 0. The maximum Gasteiger partial charge on any atom is 0.152 e. The van der Waals surface area contributed by atoms with Crippen LogP contribution in [-0.2, 0) is 15.6 Å². The monoisotopic (exact) mass is 294 g/mol. The normalized spacial score (nSPS) is 12.3. The van der Waals surface area contributed by atoms with Crippen molar-refractivity contribution >= 4 is 5.78 Å². The van der Waals surface area contributed by atoms with Gasteiger partial charge >= 0.3 is 0 Å². The van der Waals surface area contributed by atoms with Gasteiger partial charge in [-0.25, -0.2) is 0 Å². The van der Waals surface area contributed by atoms with Gasteiger partial charge in [0.2, 0.25) is 0 Å². The van der Waals surface area contributed by atoms with E-state index in [-0.39, 0.29) is 5.78 Å². The second-order valence-corrected chi connectivity index (χ2v) is 7.21. The molecule has 2 aromatic rings. The maximum absolute atomic E-state index is 13.4. The quantitative estimate of drug-likeness (QED) is 0.764. The Labute approximate surface area is 134 Å². The van der Waals surface area contributed by atoms with Gasteiger partial charge in [-0.05, 0) is 63.8 Å². The predicted molar refractivity (Wildman–Crippen MR) is 93.4 cm³/mol. The lowest BCUT2D eigenvalue weighted by Gasteiger charge is -2.35. The number of hydrogen-bond acceptors (Lipinski definition) is 1. The third kappa shape index (κ3) is 2.72. The van der Waals surface area contributed by atoms with Crippen molar-refractivity contribution in [1.29, 1.82) is 0 Å². The molecule has 0 atom stereocenters. The molecule has 0 saturated heterocycles. The summed E-state index contributed by atoms with van der Waals surface area (Å²) in [6.45, 7) is 12.3. The van der Waals surface area contributed by atoms with Gasteiger partial charge in [0.05, 0.1) is 0 Å². The highest BCUT2D eigenvalue weighted by Crippen LogP contribution is 2.37. The molecule has 2 aromatic carbocycles. The lowest BCUT2D eigenvalue weighted by Crippen LogP contribution is -2.43. The summed E-state index contributed by atoms with van der Waals surface area (Å²) in [7, 11) is 0. The molecule has 0 aliphatic rings. The van der Waals surface area contributed by atoms with Crippen LogP contribution in [0.2, 0.25) is 0 Å². The SMILES string of the molecule is Cc1ccccc1C(C)(C)C(=O)C(C)(C)c1ccccc1C. The smallest absolute Gasteiger partial charge is 0.152 e. The molecule has 0 heterocycles. The van der Waals surface area contributed by atoms with Crippen molar-refractivity contribution in [3.63, 3.8) is 0 Å². The van der Waals surface area contributed by atoms with Gasteiger partial charge in [0.25, 0.3) is 0 Å². The van der Waals surface area contributed by atoms with E-state index in [1.54, 1.807) is 0 Å². The summed E-state index contributed by atoms with van der Waals surface area (Å²) in [4.78, 5) is 13.4. The minimum atomic E-state index is -0.517. The number of ketones is 1. The Kier molecular flexibility index (Phi) is 4.28. The molecule has 0 bridgehead atoms. The van der Waals surface area contributed by atoms with Gasteiger partial charge in [0.1, 0.15) is 0 Å². The maximum atomic E-state index is 13.4. The van der Waals surface area contributed by atoms with Gasteiger partial charge in [0, 0.05) is 10.8 Å². The third-order valence-corrected chi connectivity index (χ3v) is 4.77. The number of benzene rings is 2. The molecule has 1 nitrogen and oxygen atoms in total. The number of Topliss-reactive ketones (excluding diaryl/α,β-unsaturated/α-hetero) is 1. The summed E-state index contributed by atoms with van der Waals surface area (Å²) in [5.74, 6) is 0.253. The molecule has 0 radical (unpaired) electrons. The van der Waals surface area contributed by atoms with Gasteiger partial charge in [-0.15, -0.1) is 0 Å². The van der Waals surface area contributed by atoms with Gasteiger partial charge in [0.15, 0.2) is 5.78 Å². The zero-order valence-corrected chi connectivity index (χ0v) is 14.5. The first-order valence-corrected chi connectivity index (χ1v) is 7.86. The molecule has 0 aliphatic heterocycles. The van der Waals surface area contributed by atoms with Crippen molar-refractivity contribution in [1.82, 2.24) is 0 Å². The van der Waals surface area contributed by atoms with Crippen LogP contribution >= 0.6 is 0 Å². The van der Waals surface area contributed by atoms with Gasteiger partial charge < -0.3 is 0 Å². The van der Waals surface area contributed by atoms with E-state index in [2.05, 4.69) is 38.1 Å². The number of carbonyl (C=O) groups is 1. The fraction of sp³-hybridized carbons (Fsp3) is 0.381. The van der Waals surface area contributed by atoms with Gasteiger partial charge in [-0.2, -0.15) is 0 Å². The van der Waals surface area contributed by atoms with Crippen molar-refractivity contribution < 1.29 is 4.79 Å². The van der Waals surface area contributed by atoms with Crippen LogP contribution in [0.1, 0.15) is 49.9 Å². The number of hydrogen-bond donors (Lipinski definition) is 0. The lowest BCUT2D eigenvalue weighted by atomic mass is 9.66. The first kappa shape index (κ1) is 16.5. The van der Waals surface area contributed by atoms with Crippen LogP contribution in [0.5, 0.6) is 0 Å². The lowest BCUT2D eigenvalue weighted by molar-refractivity contribution is -0.128. The number of rotatable bonds is 4.